The number of nitrogens with one attached hydrogen (secondary N) is 1. The zero-order chi connectivity index (χ0) is 16.4. The van der Waals surface area contributed by atoms with Crippen molar-refractivity contribution in [3.05, 3.63) is 64.8 Å². The molecule has 6 heteroatoms. The number of amides is 1. The monoisotopic (exact) mass is 328 g/mol. The number of phenolic OH excluding ortho intramolecular Hbond substituents is 1. The molecular formula is C17H13ClN2O3. The molecule has 3 aromatic rings. The maximum absolute atomic E-state index is 12.2. The van der Waals surface area contributed by atoms with Gasteiger partial charge < -0.3 is 14.9 Å². The summed E-state index contributed by atoms with van der Waals surface area (Å²) in [5, 5.41) is 16.7. The number of carbonyl (C=O) groups excluding carboxylic acids is 1. The van der Waals surface area contributed by atoms with Crippen molar-refractivity contribution >= 4 is 23.2 Å². The van der Waals surface area contributed by atoms with Gasteiger partial charge in [0.1, 0.15) is 5.75 Å². The zero-order valence-corrected chi connectivity index (χ0v) is 13.0. The molecule has 0 saturated carbocycles. The molecule has 0 saturated heterocycles. The highest BCUT2D eigenvalue weighted by Gasteiger charge is 2.14. The van der Waals surface area contributed by atoms with E-state index in [-0.39, 0.29) is 11.4 Å². The van der Waals surface area contributed by atoms with Gasteiger partial charge in [-0.25, -0.2) is 0 Å². The molecule has 0 aliphatic heterocycles. The Labute approximate surface area is 137 Å². The highest BCUT2D eigenvalue weighted by molar-refractivity contribution is 6.30. The molecule has 0 unspecified atom stereocenters. The first-order valence-electron chi connectivity index (χ1n) is 6.86. The van der Waals surface area contributed by atoms with E-state index in [0.717, 1.165) is 5.56 Å². The van der Waals surface area contributed by atoms with Crippen molar-refractivity contribution in [3.8, 4) is 17.1 Å². The number of hydrogen-bond donors (Lipinski definition) is 2. The lowest BCUT2D eigenvalue weighted by atomic mass is 10.1. The molecule has 0 atom stereocenters. The number of benzene rings is 2. The molecule has 0 radical (unpaired) electrons. The van der Waals surface area contributed by atoms with Crippen LogP contribution < -0.4 is 5.32 Å². The number of aromatic hydroxyl groups is 1. The van der Waals surface area contributed by atoms with Gasteiger partial charge in [-0.1, -0.05) is 35.0 Å². The average molecular weight is 329 g/mol. The molecule has 0 aliphatic rings. The highest BCUT2D eigenvalue weighted by Crippen LogP contribution is 2.26. The topological polar surface area (TPSA) is 75.4 Å². The number of aromatic nitrogens is 1. The number of rotatable bonds is 3. The summed E-state index contributed by atoms with van der Waals surface area (Å²) in [4.78, 5) is 12.2. The molecule has 0 bridgehead atoms. The minimum absolute atomic E-state index is 0.139. The molecule has 23 heavy (non-hydrogen) atoms. The Morgan fingerprint density at radius 3 is 2.78 bits per heavy atom. The second-order valence-corrected chi connectivity index (χ2v) is 5.48. The van der Waals surface area contributed by atoms with Crippen molar-refractivity contribution < 1.29 is 14.4 Å². The SMILES string of the molecule is Cc1ccc(-c2cc(C(=O)Nc3cccc(Cl)c3)no2)cc1O. The first-order valence-corrected chi connectivity index (χ1v) is 7.24. The maximum Gasteiger partial charge on any atom is 0.277 e. The van der Waals surface area contributed by atoms with E-state index in [1.54, 1.807) is 49.4 Å². The van der Waals surface area contributed by atoms with E-state index >= 15 is 0 Å². The van der Waals surface area contributed by atoms with Gasteiger partial charge in [0.2, 0.25) is 0 Å². The predicted molar refractivity (Wildman–Crippen MR) is 87.7 cm³/mol. The van der Waals surface area contributed by atoms with Crippen molar-refractivity contribution in [2.24, 2.45) is 0 Å². The van der Waals surface area contributed by atoms with Gasteiger partial charge in [-0.2, -0.15) is 0 Å². The van der Waals surface area contributed by atoms with Crippen LogP contribution in [0, 0.1) is 6.92 Å². The lowest BCUT2D eigenvalue weighted by molar-refractivity contribution is 0.101. The van der Waals surface area contributed by atoms with Crippen LogP contribution in [0.5, 0.6) is 5.75 Å². The summed E-state index contributed by atoms with van der Waals surface area (Å²) in [6, 6.07) is 13.4. The summed E-state index contributed by atoms with van der Waals surface area (Å²) in [6.07, 6.45) is 0. The van der Waals surface area contributed by atoms with Crippen molar-refractivity contribution in [2.75, 3.05) is 5.32 Å². The number of carbonyl (C=O) groups is 1. The Hall–Kier alpha value is -2.79. The molecule has 3 rings (SSSR count). The molecule has 2 N–H and O–H groups in total. The average Bonchev–Trinajstić information content (AvgIpc) is 3.00. The Balaban J connectivity index is 1.81. The third-order valence-corrected chi connectivity index (χ3v) is 3.55. The van der Waals surface area contributed by atoms with Crippen LogP contribution in [0.2, 0.25) is 5.02 Å². The number of phenols is 1. The Bertz CT molecular complexity index is 874. The molecular weight excluding hydrogens is 316 g/mol. The van der Waals surface area contributed by atoms with Gasteiger partial charge in [0.05, 0.1) is 0 Å². The van der Waals surface area contributed by atoms with Crippen LogP contribution in [0.4, 0.5) is 5.69 Å². The van der Waals surface area contributed by atoms with E-state index in [4.69, 9.17) is 16.1 Å². The van der Waals surface area contributed by atoms with E-state index in [9.17, 15) is 9.90 Å². The Morgan fingerprint density at radius 1 is 1.22 bits per heavy atom. The van der Waals surface area contributed by atoms with E-state index in [2.05, 4.69) is 10.5 Å². The third kappa shape index (κ3) is 3.35. The van der Waals surface area contributed by atoms with Crippen LogP contribution in [0.3, 0.4) is 0 Å². The fourth-order valence-electron chi connectivity index (χ4n) is 2.04. The first kappa shape index (κ1) is 15.1. The van der Waals surface area contributed by atoms with E-state index in [1.807, 2.05) is 0 Å². The summed E-state index contributed by atoms with van der Waals surface area (Å²) in [6.45, 7) is 1.80. The van der Waals surface area contributed by atoms with Gasteiger partial charge in [0.25, 0.3) is 5.91 Å². The molecule has 2 aromatic carbocycles. The summed E-state index contributed by atoms with van der Waals surface area (Å²) in [5.41, 5.74) is 2.11. The minimum atomic E-state index is -0.404. The predicted octanol–water partition coefficient (Wildman–Crippen LogP) is 4.26. The van der Waals surface area contributed by atoms with Crippen LogP contribution in [0.25, 0.3) is 11.3 Å². The number of nitrogens with zero attached hydrogens (tertiary/aromatic N) is 1. The second-order valence-electron chi connectivity index (χ2n) is 5.04. The van der Waals surface area contributed by atoms with Gasteiger partial charge in [0, 0.05) is 22.3 Å². The zero-order valence-electron chi connectivity index (χ0n) is 12.2. The quantitative estimate of drug-likeness (QED) is 0.753. The minimum Gasteiger partial charge on any atom is -0.508 e. The smallest absolute Gasteiger partial charge is 0.277 e. The van der Waals surface area contributed by atoms with Gasteiger partial charge in [-0.15, -0.1) is 0 Å². The standard InChI is InChI=1S/C17H13ClN2O3/c1-10-5-6-11(7-15(10)21)16-9-14(20-23-16)17(22)19-13-4-2-3-12(18)8-13/h2-9,21H,1H3,(H,19,22). The molecule has 1 aromatic heterocycles. The van der Waals surface area contributed by atoms with E-state index < -0.39 is 5.91 Å². The van der Waals surface area contributed by atoms with Crippen molar-refractivity contribution in [1.29, 1.82) is 0 Å². The number of aryl methyl sites for hydroxylation is 1. The summed E-state index contributed by atoms with van der Waals surface area (Å²) >= 11 is 5.88. The van der Waals surface area contributed by atoms with Crippen LogP contribution in [-0.2, 0) is 0 Å². The third-order valence-electron chi connectivity index (χ3n) is 3.32. The van der Waals surface area contributed by atoms with Crippen molar-refractivity contribution in [3.63, 3.8) is 0 Å². The summed E-state index contributed by atoms with van der Waals surface area (Å²) < 4.78 is 5.18. The number of hydrogen-bond acceptors (Lipinski definition) is 4. The second kappa shape index (κ2) is 6.14. The van der Waals surface area contributed by atoms with Crippen LogP contribution in [-0.4, -0.2) is 16.2 Å². The highest BCUT2D eigenvalue weighted by atomic mass is 35.5. The lowest BCUT2D eigenvalue weighted by Gasteiger charge is -2.02. The number of halogens is 1. The molecule has 1 amide bonds. The van der Waals surface area contributed by atoms with Gasteiger partial charge in [-0.05, 0) is 36.8 Å². The number of anilines is 1. The normalized spacial score (nSPS) is 10.5. The largest absolute Gasteiger partial charge is 0.508 e. The molecule has 0 fully saturated rings. The van der Waals surface area contributed by atoms with Gasteiger partial charge in [-0.3, -0.25) is 4.79 Å². The molecule has 116 valence electrons. The Morgan fingerprint density at radius 2 is 2.04 bits per heavy atom. The summed E-state index contributed by atoms with van der Waals surface area (Å²) in [7, 11) is 0. The molecule has 0 aliphatic carbocycles. The maximum atomic E-state index is 12.2. The fraction of sp³-hybridized carbons (Fsp3) is 0.0588. The van der Waals surface area contributed by atoms with Crippen molar-refractivity contribution in [1.82, 2.24) is 5.16 Å². The Kier molecular flexibility index (Phi) is 4.04. The van der Waals surface area contributed by atoms with E-state index in [0.29, 0.717) is 22.0 Å². The van der Waals surface area contributed by atoms with Crippen molar-refractivity contribution in [2.45, 2.75) is 6.92 Å². The van der Waals surface area contributed by atoms with Crippen LogP contribution >= 0.6 is 11.6 Å². The summed E-state index contributed by atoms with van der Waals surface area (Å²) in [5.74, 6) is 0.152. The molecule has 5 nitrogen and oxygen atoms in total. The van der Waals surface area contributed by atoms with E-state index in [1.165, 1.54) is 6.07 Å². The van der Waals surface area contributed by atoms with Crippen LogP contribution in [0.1, 0.15) is 16.1 Å². The van der Waals surface area contributed by atoms with Gasteiger partial charge in [0.15, 0.2) is 11.5 Å². The molecule has 1 heterocycles. The fourth-order valence-corrected chi connectivity index (χ4v) is 2.23. The first-order chi connectivity index (χ1) is 11.0. The lowest BCUT2D eigenvalue weighted by Crippen LogP contribution is -2.11. The molecule has 0 spiro atoms. The van der Waals surface area contributed by atoms with Gasteiger partial charge >= 0.3 is 0 Å². The van der Waals surface area contributed by atoms with Crippen LogP contribution in [0.15, 0.2) is 53.1 Å².